The third-order valence-corrected chi connectivity index (χ3v) is 2.34. The van der Waals surface area contributed by atoms with Crippen molar-refractivity contribution in [3.63, 3.8) is 0 Å². The number of nitrogen functional groups attached to an aromatic ring is 1. The van der Waals surface area contributed by atoms with E-state index in [0.717, 1.165) is 12.1 Å². The summed E-state index contributed by atoms with van der Waals surface area (Å²) in [6.07, 6.45) is 8.52. The molecule has 0 saturated heterocycles. The van der Waals surface area contributed by atoms with Gasteiger partial charge < -0.3 is 5.84 Å². The van der Waals surface area contributed by atoms with Crippen LogP contribution in [0.15, 0.2) is 18.3 Å². The topological polar surface area (TPSA) is 30.9 Å². The zero-order valence-electron chi connectivity index (χ0n) is 9.33. The van der Waals surface area contributed by atoms with E-state index in [1.165, 1.54) is 12.0 Å². The lowest BCUT2D eigenvalue weighted by Gasteiger charge is -2.05. The van der Waals surface area contributed by atoms with Gasteiger partial charge in [0.25, 0.3) is 0 Å². The molecule has 0 aromatic carbocycles. The van der Waals surface area contributed by atoms with Crippen LogP contribution in [0.3, 0.4) is 0 Å². The molecule has 78 valence electrons. The summed E-state index contributed by atoms with van der Waals surface area (Å²) in [7, 11) is 0. The highest BCUT2D eigenvalue weighted by Crippen LogP contribution is 2.20. The standard InChI is InChI=1S/C12H20N2/c1-4-5-6-7-12-11(10(2)3)8-9-14(12)13/h6-10H,4-5,13H2,1-3H3/b7-6-. The SMILES string of the molecule is CCC/C=C\c1c(C(C)C)ccn1N. The van der Waals surface area contributed by atoms with Gasteiger partial charge in [0, 0.05) is 6.20 Å². The molecule has 0 bridgehead atoms. The molecule has 2 nitrogen and oxygen atoms in total. The van der Waals surface area contributed by atoms with Crippen LogP contribution < -0.4 is 5.84 Å². The Labute approximate surface area is 86.4 Å². The van der Waals surface area contributed by atoms with Gasteiger partial charge in [0.15, 0.2) is 0 Å². The van der Waals surface area contributed by atoms with Crippen molar-refractivity contribution in [1.29, 1.82) is 0 Å². The predicted octanol–water partition coefficient (Wildman–Crippen LogP) is 3.14. The minimum Gasteiger partial charge on any atom is -0.339 e. The molecule has 1 rings (SSSR count). The highest BCUT2D eigenvalue weighted by Gasteiger charge is 2.07. The fourth-order valence-corrected chi connectivity index (χ4v) is 1.51. The molecular formula is C12H20N2. The number of hydrogen-bond acceptors (Lipinski definition) is 1. The van der Waals surface area contributed by atoms with E-state index in [4.69, 9.17) is 5.84 Å². The van der Waals surface area contributed by atoms with Crippen LogP contribution in [-0.4, -0.2) is 4.68 Å². The van der Waals surface area contributed by atoms with E-state index >= 15 is 0 Å². The number of aromatic nitrogens is 1. The number of allylic oxidation sites excluding steroid dienone is 1. The van der Waals surface area contributed by atoms with Crippen LogP contribution in [0.4, 0.5) is 0 Å². The smallest absolute Gasteiger partial charge is 0.0649 e. The Kier molecular flexibility index (Phi) is 3.81. The molecule has 0 aliphatic carbocycles. The number of hydrogen-bond donors (Lipinski definition) is 1. The molecule has 1 heterocycles. The molecule has 1 aromatic rings. The van der Waals surface area contributed by atoms with Crippen molar-refractivity contribution in [1.82, 2.24) is 4.68 Å². The van der Waals surface area contributed by atoms with Crippen molar-refractivity contribution in [2.45, 2.75) is 39.5 Å². The molecule has 0 spiro atoms. The maximum absolute atomic E-state index is 5.83. The quantitative estimate of drug-likeness (QED) is 0.730. The molecule has 14 heavy (non-hydrogen) atoms. The average molecular weight is 192 g/mol. The van der Waals surface area contributed by atoms with Crippen molar-refractivity contribution in [2.75, 3.05) is 5.84 Å². The molecule has 0 saturated carbocycles. The van der Waals surface area contributed by atoms with E-state index in [0.29, 0.717) is 5.92 Å². The van der Waals surface area contributed by atoms with Gasteiger partial charge in [-0.15, -0.1) is 0 Å². The van der Waals surface area contributed by atoms with Gasteiger partial charge in [-0.2, -0.15) is 0 Å². The maximum Gasteiger partial charge on any atom is 0.0649 e. The molecule has 0 atom stereocenters. The van der Waals surface area contributed by atoms with Gasteiger partial charge >= 0.3 is 0 Å². The Morgan fingerprint density at radius 3 is 2.79 bits per heavy atom. The Hall–Kier alpha value is -1.18. The van der Waals surface area contributed by atoms with Crippen LogP contribution in [0.5, 0.6) is 0 Å². The molecule has 2 N–H and O–H groups in total. The fourth-order valence-electron chi connectivity index (χ4n) is 1.51. The molecule has 0 radical (unpaired) electrons. The van der Waals surface area contributed by atoms with E-state index in [-0.39, 0.29) is 0 Å². The van der Waals surface area contributed by atoms with Gasteiger partial charge in [0.2, 0.25) is 0 Å². The van der Waals surface area contributed by atoms with Crippen LogP contribution in [0.1, 0.15) is 50.8 Å². The van der Waals surface area contributed by atoms with Crippen molar-refractivity contribution < 1.29 is 0 Å². The molecular weight excluding hydrogens is 172 g/mol. The van der Waals surface area contributed by atoms with Gasteiger partial charge in [0.05, 0.1) is 5.69 Å². The Morgan fingerprint density at radius 2 is 2.21 bits per heavy atom. The van der Waals surface area contributed by atoms with Crippen LogP contribution in [0, 0.1) is 0 Å². The lowest BCUT2D eigenvalue weighted by Crippen LogP contribution is -2.09. The largest absolute Gasteiger partial charge is 0.339 e. The van der Waals surface area contributed by atoms with Crippen LogP contribution in [-0.2, 0) is 0 Å². The maximum atomic E-state index is 5.83. The second-order valence-electron chi connectivity index (χ2n) is 3.91. The third kappa shape index (κ3) is 2.41. The summed E-state index contributed by atoms with van der Waals surface area (Å²) in [4.78, 5) is 0. The first-order valence-electron chi connectivity index (χ1n) is 5.29. The summed E-state index contributed by atoms with van der Waals surface area (Å²) in [6, 6.07) is 2.09. The van der Waals surface area contributed by atoms with Gasteiger partial charge in [-0.05, 0) is 30.0 Å². The minimum absolute atomic E-state index is 0.529. The first-order chi connectivity index (χ1) is 6.66. The predicted molar refractivity (Wildman–Crippen MR) is 62.6 cm³/mol. The van der Waals surface area contributed by atoms with Gasteiger partial charge in [-0.1, -0.05) is 33.3 Å². The molecule has 0 aliphatic rings. The summed E-state index contributed by atoms with van der Waals surface area (Å²) in [5, 5.41) is 0. The van der Waals surface area contributed by atoms with E-state index in [1.807, 2.05) is 6.20 Å². The molecule has 0 unspecified atom stereocenters. The lowest BCUT2D eigenvalue weighted by molar-refractivity contribution is 0.854. The highest BCUT2D eigenvalue weighted by atomic mass is 15.3. The zero-order chi connectivity index (χ0) is 10.6. The normalized spacial score (nSPS) is 11.7. The van der Waals surface area contributed by atoms with Crippen LogP contribution in [0.25, 0.3) is 6.08 Å². The van der Waals surface area contributed by atoms with Crippen LogP contribution in [0.2, 0.25) is 0 Å². The number of unbranched alkanes of at least 4 members (excludes halogenated alkanes) is 1. The average Bonchev–Trinajstić information content (AvgIpc) is 2.48. The number of nitrogens with two attached hydrogens (primary N) is 1. The van der Waals surface area contributed by atoms with Crippen molar-refractivity contribution in [3.8, 4) is 0 Å². The Balaban J connectivity index is 2.88. The number of nitrogens with zero attached hydrogens (tertiary/aromatic N) is 1. The van der Waals surface area contributed by atoms with Crippen molar-refractivity contribution in [3.05, 3.63) is 29.6 Å². The van der Waals surface area contributed by atoms with Gasteiger partial charge in [-0.25, -0.2) is 0 Å². The molecule has 0 aliphatic heterocycles. The monoisotopic (exact) mass is 192 g/mol. The Morgan fingerprint density at radius 1 is 1.50 bits per heavy atom. The second-order valence-corrected chi connectivity index (χ2v) is 3.91. The number of rotatable bonds is 4. The van der Waals surface area contributed by atoms with Crippen molar-refractivity contribution in [2.24, 2.45) is 0 Å². The van der Waals surface area contributed by atoms with Crippen LogP contribution >= 0.6 is 0 Å². The van der Waals surface area contributed by atoms with E-state index in [1.54, 1.807) is 4.68 Å². The summed E-state index contributed by atoms with van der Waals surface area (Å²) >= 11 is 0. The molecule has 0 amide bonds. The Bertz CT molecular complexity index is 308. The first kappa shape index (κ1) is 10.9. The van der Waals surface area contributed by atoms with Gasteiger partial charge in [0.1, 0.15) is 0 Å². The second kappa shape index (κ2) is 4.89. The van der Waals surface area contributed by atoms with E-state index in [9.17, 15) is 0 Å². The summed E-state index contributed by atoms with van der Waals surface area (Å²) < 4.78 is 1.70. The van der Waals surface area contributed by atoms with Gasteiger partial charge in [-0.3, -0.25) is 4.68 Å². The van der Waals surface area contributed by atoms with E-state index < -0.39 is 0 Å². The molecule has 0 fully saturated rings. The summed E-state index contributed by atoms with van der Waals surface area (Å²) in [5.74, 6) is 6.36. The first-order valence-corrected chi connectivity index (χ1v) is 5.29. The molecule has 2 heteroatoms. The van der Waals surface area contributed by atoms with Crippen molar-refractivity contribution >= 4 is 6.08 Å². The fraction of sp³-hybridized carbons (Fsp3) is 0.500. The minimum atomic E-state index is 0.529. The highest BCUT2D eigenvalue weighted by molar-refractivity contribution is 5.51. The van der Waals surface area contributed by atoms with E-state index in [2.05, 4.69) is 39.0 Å². The lowest BCUT2D eigenvalue weighted by atomic mass is 10.0. The zero-order valence-corrected chi connectivity index (χ0v) is 9.33. The summed E-state index contributed by atoms with van der Waals surface area (Å²) in [5.41, 5.74) is 2.45. The molecule has 1 aromatic heterocycles. The summed E-state index contributed by atoms with van der Waals surface area (Å²) in [6.45, 7) is 6.55. The third-order valence-electron chi connectivity index (χ3n) is 2.34.